The minimum Gasteiger partial charge on any atom is -0.462 e. The molecule has 1 heterocycles. The van der Waals surface area contributed by atoms with Crippen LogP contribution in [0.5, 0.6) is 0 Å². The van der Waals surface area contributed by atoms with Crippen molar-refractivity contribution in [1.29, 1.82) is 0 Å². The summed E-state index contributed by atoms with van der Waals surface area (Å²) in [6.45, 7) is 6.46. The normalized spacial score (nSPS) is 12.0. The fourth-order valence-electron chi connectivity index (χ4n) is 2.23. The van der Waals surface area contributed by atoms with Gasteiger partial charge in [-0.2, -0.15) is 0 Å². The van der Waals surface area contributed by atoms with Gasteiger partial charge in [-0.1, -0.05) is 33.1 Å². The molecule has 1 rings (SSSR count). The summed E-state index contributed by atoms with van der Waals surface area (Å²) in [6, 6.07) is 2.06. The van der Waals surface area contributed by atoms with E-state index < -0.39 is 5.97 Å². The van der Waals surface area contributed by atoms with Crippen LogP contribution in [0.2, 0.25) is 0 Å². The van der Waals surface area contributed by atoms with Crippen LogP contribution in [0.4, 0.5) is 11.5 Å². The molecule has 1 aromatic heterocycles. The van der Waals surface area contributed by atoms with Crippen molar-refractivity contribution in [3.8, 4) is 0 Å². The lowest BCUT2D eigenvalue weighted by molar-refractivity contribution is 0.0527. The number of nitrogens with zero attached hydrogens (tertiary/aromatic N) is 1. The number of nitrogens with two attached hydrogens (primary N) is 1. The molecule has 1 aromatic rings. The lowest BCUT2D eigenvalue weighted by Crippen LogP contribution is -2.20. The molecule has 3 N–H and O–H groups in total. The first kappa shape index (κ1) is 17.3. The maximum Gasteiger partial charge on any atom is 0.340 e. The van der Waals surface area contributed by atoms with Crippen LogP contribution < -0.4 is 11.1 Å². The number of hydrogen-bond donors (Lipinski definition) is 2. The maximum absolute atomic E-state index is 11.8. The molecule has 0 saturated carbocycles. The van der Waals surface area contributed by atoms with Gasteiger partial charge in [0.25, 0.3) is 0 Å². The van der Waals surface area contributed by atoms with Crippen LogP contribution in [0.15, 0.2) is 12.3 Å². The van der Waals surface area contributed by atoms with E-state index in [9.17, 15) is 4.79 Å². The Morgan fingerprint density at radius 2 is 2.10 bits per heavy atom. The molecule has 0 aliphatic carbocycles. The van der Waals surface area contributed by atoms with Crippen molar-refractivity contribution in [2.24, 2.45) is 0 Å². The van der Waals surface area contributed by atoms with Gasteiger partial charge >= 0.3 is 5.97 Å². The number of aromatic nitrogens is 1. The molecule has 1 unspecified atom stereocenters. The molecule has 0 bridgehead atoms. The van der Waals surface area contributed by atoms with Gasteiger partial charge in [0.05, 0.1) is 24.1 Å². The average Bonchev–Trinajstić information content (AvgIpc) is 2.47. The molecular formula is C16H27N3O2. The van der Waals surface area contributed by atoms with E-state index in [0.717, 1.165) is 19.3 Å². The fourth-order valence-corrected chi connectivity index (χ4v) is 2.23. The van der Waals surface area contributed by atoms with Gasteiger partial charge < -0.3 is 15.8 Å². The summed E-state index contributed by atoms with van der Waals surface area (Å²) in [4.78, 5) is 16.1. The van der Waals surface area contributed by atoms with Crippen LogP contribution >= 0.6 is 0 Å². The van der Waals surface area contributed by atoms with Crippen molar-refractivity contribution in [1.82, 2.24) is 4.98 Å². The summed E-state index contributed by atoms with van der Waals surface area (Å²) in [5, 5.41) is 3.40. The van der Waals surface area contributed by atoms with Gasteiger partial charge in [0, 0.05) is 6.04 Å². The summed E-state index contributed by atoms with van der Waals surface area (Å²) in [5.74, 6) is 0.280. The zero-order valence-electron chi connectivity index (χ0n) is 13.3. The Bertz CT molecular complexity index is 449. The number of hydrogen-bond acceptors (Lipinski definition) is 5. The van der Waals surface area contributed by atoms with Crippen molar-refractivity contribution in [3.05, 3.63) is 17.8 Å². The van der Waals surface area contributed by atoms with Gasteiger partial charge in [0.15, 0.2) is 0 Å². The number of carbonyl (C=O) groups is 1. The minimum absolute atomic E-state index is 0.332. The summed E-state index contributed by atoms with van der Waals surface area (Å²) in [6.07, 6.45) is 7.16. The van der Waals surface area contributed by atoms with Gasteiger partial charge in [-0.25, -0.2) is 9.78 Å². The Morgan fingerprint density at radius 1 is 1.33 bits per heavy atom. The average molecular weight is 293 g/mol. The summed E-state index contributed by atoms with van der Waals surface area (Å²) < 4.78 is 5.01. The Morgan fingerprint density at radius 3 is 2.71 bits per heavy atom. The van der Waals surface area contributed by atoms with E-state index in [1.54, 1.807) is 13.0 Å². The number of unbranched alkanes of at least 4 members (excludes halogenated alkanes) is 1. The highest BCUT2D eigenvalue weighted by Crippen LogP contribution is 2.19. The number of rotatable bonds is 9. The van der Waals surface area contributed by atoms with Crippen LogP contribution in [-0.4, -0.2) is 23.6 Å². The monoisotopic (exact) mass is 293 g/mol. The first-order valence-corrected chi connectivity index (χ1v) is 7.81. The molecule has 0 aliphatic heterocycles. The van der Waals surface area contributed by atoms with Crippen molar-refractivity contribution in [2.45, 2.75) is 58.9 Å². The van der Waals surface area contributed by atoms with E-state index in [0.29, 0.717) is 29.7 Å². The molecule has 21 heavy (non-hydrogen) atoms. The minimum atomic E-state index is -0.402. The quantitative estimate of drug-likeness (QED) is 0.680. The Kier molecular flexibility index (Phi) is 7.58. The Hall–Kier alpha value is -1.78. The molecule has 0 aliphatic rings. The molecule has 0 aromatic carbocycles. The van der Waals surface area contributed by atoms with Gasteiger partial charge in [-0.05, 0) is 25.8 Å². The Labute approximate surface area is 127 Å². The second kappa shape index (κ2) is 9.21. The predicted molar refractivity (Wildman–Crippen MR) is 86.4 cm³/mol. The van der Waals surface area contributed by atoms with E-state index in [4.69, 9.17) is 10.5 Å². The topological polar surface area (TPSA) is 77.2 Å². The number of carbonyl (C=O) groups excluding carboxylic acids is 1. The highest BCUT2D eigenvalue weighted by atomic mass is 16.5. The largest absolute Gasteiger partial charge is 0.462 e. The summed E-state index contributed by atoms with van der Waals surface area (Å²) in [5.41, 5.74) is 6.52. The zero-order valence-corrected chi connectivity index (χ0v) is 13.3. The molecular weight excluding hydrogens is 266 g/mol. The van der Waals surface area contributed by atoms with Crippen molar-refractivity contribution < 1.29 is 9.53 Å². The zero-order chi connectivity index (χ0) is 15.7. The number of nitrogens with one attached hydrogen (secondary N) is 1. The van der Waals surface area contributed by atoms with Crippen LogP contribution in [0.25, 0.3) is 0 Å². The van der Waals surface area contributed by atoms with Gasteiger partial charge in [-0.15, -0.1) is 0 Å². The first-order chi connectivity index (χ1) is 10.1. The first-order valence-electron chi connectivity index (χ1n) is 7.81. The van der Waals surface area contributed by atoms with Gasteiger partial charge in [0.1, 0.15) is 5.82 Å². The fraction of sp³-hybridized carbons (Fsp3) is 0.625. The SMILES string of the molecule is CCCCC(CCC)Nc1cc(C(=O)OCC)c(N)cn1. The molecule has 0 amide bonds. The molecule has 5 heteroatoms. The predicted octanol–water partition coefficient (Wildman–Crippen LogP) is 3.61. The summed E-state index contributed by atoms with van der Waals surface area (Å²) >= 11 is 0. The van der Waals surface area contributed by atoms with Crippen molar-refractivity contribution in [2.75, 3.05) is 17.7 Å². The smallest absolute Gasteiger partial charge is 0.340 e. The van der Waals surface area contributed by atoms with Crippen molar-refractivity contribution in [3.63, 3.8) is 0 Å². The highest BCUT2D eigenvalue weighted by Gasteiger charge is 2.14. The highest BCUT2D eigenvalue weighted by molar-refractivity contribution is 5.95. The van der Waals surface area contributed by atoms with Gasteiger partial charge in [0.2, 0.25) is 0 Å². The lowest BCUT2D eigenvalue weighted by Gasteiger charge is -2.19. The molecule has 1 atom stereocenters. The Balaban J connectivity index is 2.81. The third kappa shape index (κ3) is 5.61. The maximum atomic E-state index is 11.8. The number of pyridine rings is 1. The number of ether oxygens (including phenoxy) is 1. The van der Waals surface area contributed by atoms with Crippen LogP contribution in [0, 0.1) is 0 Å². The standard InChI is InChI=1S/C16H27N3O2/c1-4-7-9-12(8-5-2)19-15-10-13(14(17)11-18-15)16(20)21-6-3/h10-12H,4-9,17H2,1-3H3,(H,18,19). The number of anilines is 2. The number of nitrogen functional groups attached to an aromatic ring is 1. The van der Waals surface area contributed by atoms with E-state index in [2.05, 4.69) is 24.1 Å². The lowest BCUT2D eigenvalue weighted by atomic mass is 10.1. The van der Waals surface area contributed by atoms with E-state index in [1.807, 2.05) is 0 Å². The third-order valence-electron chi connectivity index (χ3n) is 3.33. The van der Waals surface area contributed by atoms with Crippen LogP contribution in [0.1, 0.15) is 63.2 Å². The molecule has 5 nitrogen and oxygen atoms in total. The molecule has 0 fully saturated rings. The molecule has 0 spiro atoms. The summed E-state index contributed by atoms with van der Waals surface area (Å²) in [7, 11) is 0. The van der Waals surface area contributed by atoms with E-state index >= 15 is 0 Å². The van der Waals surface area contributed by atoms with E-state index in [1.165, 1.54) is 19.0 Å². The van der Waals surface area contributed by atoms with Gasteiger partial charge in [-0.3, -0.25) is 0 Å². The van der Waals surface area contributed by atoms with E-state index in [-0.39, 0.29) is 0 Å². The molecule has 0 radical (unpaired) electrons. The van der Waals surface area contributed by atoms with Crippen LogP contribution in [-0.2, 0) is 4.74 Å². The van der Waals surface area contributed by atoms with Crippen LogP contribution in [0.3, 0.4) is 0 Å². The van der Waals surface area contributed by atoms with Crippen molar-refractivity contribution >= 4 is 17.5 Å². The molecule has 118 valence electrons. The number of esters is 1. The second-order valence-corrected chi connectivity index (χ2v) is 5.15. The second-order valence-electron chi connectivity index (χ2n) is 5.15. The third-order valence-corrected chi connectivity index (χ3v) is 3.33. The molecule has 0 saturated heterocycles.